The molecule has 154 valence electrons. The van der Waals surface area contributed by atoms with Gasteiger partial charge in [0, 0.05) is 24.5 Å². The summed E-state index contributed by atoms with van der Waals surface area (Å²) < 4.78 is 0. The van der Waals surface area contributed by atoms with E-state index >= 15 is 0 Å². The molecule has 0 aromatic rings. The van der Waals surface area contributed by atoms with Gasteiger partial charge < -0.3 is 10.6 Å². The SMILES string of the molecule is CC1(C)C=C(NCCNC2=CC(C)(C)CC(C(C#N)C#N)=C2)C=C(C(C#N)C#N)C1. The highest BCUT2D eigenvalue weighted by Crippen LogP contribution is 2.36. The number of hydrogen-bond acceptors (Lipinski definition) is 6. The Morgan fingerprint density at radius 1 is 0.733 bits per heavy atom. The van der Waals surface area contributed by atoms with Crippen molar-refractivity contribution in [1.29, 1.82) is 21.0 Å². The van der Waals surface area contributed by atoms with Crippen molar-refractivity contribution in [2.24, 2.45) is 22.7 Å². The van der Waals surface area contributed by atoms with Gasteiger partial charge in [0.05, 0.1) is 24.3 Å². The third kappa shape index (κ3) is 6.01. The Hall–Kier alpha value is -3.48. The second-order valence-corrected chi connectivity index (χ2v) is 9.20. The molecule has 0 aromatic carbocycles. The molecule has 30 heavy (non-hydrogen) atoms. The molecule has 0 aliphatic heterocycles. The summed E-state index contributed by atoms with van der Waals surface area (Å²) in [4.78, 5) is 0. The predicted octanol–water partition coefficient (Wildman–Crippen LogP) is 3.97. The van der Waals surface area contributed by atoms with Gasteiger partial charge >= 0.3 is 0 Å². The predicted molar refractivity (Wildman–Crippen MR) is 115 cm³/mol. The molecule has 0 fully saturated rings. The number of nitriles is 4. The highest BCUT2D eigenvalue weighted by molar-refractivity contribution is 5.37. The number of nitrogens with zero attached hydrogens (tertiary/aromatic N) is 4. The van der Waals surface area contributed by atoms with Crippen LogP contribution in [0.4, 0.5) is 0 Å². The van der Waals surface area contributed by atoms with Crippen LogP contribution in [0.5, 0.6) is 0 Å². The van der Waals surface area contributed by atoms with Crippen molar-refractivity contribution in [2.75, 3.05) is 13.1 Å². The molecule has 0 unspecified atom stereocenters. The molecule has 0 radical (unpaired) electrons. The molecule has 0 aromatic heterocycles. The van der Waals surface area contributed by atoms with Gasteiger partial charge in [-0.15, -0.1) is 0 Å². The molecule has 0 amide bonds. The fraction of sp³-hybridized carbons (Fsp3) is 0.500. The topological polar surface area (TPSA) is 119 Å². The maximum Gasteiger partial charge on any atom is 0.154 e. The van der Waals surface area contributed by atoms with E-state index in [1.54, 1.807) is 0 Å². The van der Waals surface area contributed by atoms with E-state index in [-0.39, 0.29) is 10.8 Å². The van der Waals surface area contributed by atoms with E-state index in [0.29, 0.717) is 25.9 Å². The summed E-state index contributed by atoms with van der Waals surface area (Å²) in [7, 11) is 0. The number of nitrogens with one attached hydrogen (secondary N) is 2. The largest absolute Gasteiger partial charge is 0.384 e. The maximum absolute atomic E-state index is 9.22. The number of rotatable bonds is 7. The van der Waals surface area contributed by atoms with E-state index in [1.807, 2.05) is 12.2 Å². The monoisotopic (exact) mass is 400 g/mol. The van der Waals surface area contributed by atoms with Crippen molar-refractivity contribution in [3.05, 3.63) is 46.8 Å². The lowest BCUT2D eigenvalue weighted by Gasteiger charge is -2.29. The molecular formula is C24H28N6. The van der Waals surface area contributed by atoms with E-state index in [2.05, 4.69) is 74.8 Å². The van der Waals surface area contributed by atoms with E-state index in [9.17, 15) is 21.0 Å². The van der Waals surface area contributed by atoms with Crippen LogP contribution in [0.15, 0.2) is 46.8 Å². The molecule has 0 bridgehead atoms. The molecule has 0 heterocycles. The van der Waals surface area contributed by atoms with Crippen LogP contribution in [0, 0.1) is 68.0 Å². The summed E-state index contributed by atoms with van der Waals surface area (Å²) in [6.07, 6.45) is 9.47. The Morgan fingerprint density at radius 2 is 1.07 bits per heavy atom. The van der Waals surface area contributed by atoms with Crippen molar-refractivity contribution in [1.82, 2.24) is 10.6 Å². The Balaban J connectivity index is 2.02. The van der Waals surface area contributed by atoms with Gasteiger partial charge in [-0.1, -0.05) is 39.8 Å². The van der Waals surface area contributed by atoms with Gasteiger partial charge in [-0.2, -0.15) is 21.0 Å². The molecule has 6 nitrogen and oxygen atoms in total. The van der Waals surface area contributed by atoms with Crippen LogP contribution in [0.1, 0.15) is 40.5 Å². The highest BCUT2D eigenvalue weighted by Gasteiger charge is 2.28. The second kappa shape index (κ2) is 9.35. The fourth-order valence-corrected chi connectivity index (χ4v) is 3.96. The third-order valence-electron chi connectivity index (χ3n) is 5.13. The van der Waals surface area contributed by atoms with Crippen LogP contribution in [-0.4, -0.2) is 13.1 Å². The molecule has 2 N–H and O–H groups in total. The van der Waals surface area contributed by atoms with E-state index in [1.165, 1.54) is 0 Å². The highest BCUT2D eigenvalue weighted by atomic mass is 15.0. The Bertz CT molecular complexity index is 855. The van der Waals surface area contributed by atoms with Crippen LogP contribution in [0.3, 0.4) is 0 Å². The molecule has 0 atom stereocenters. The fourth-order valence-electron chi connectivity index (χ4n) is 3.96. The van der Waals surface area contributed by atoms with Gasteiger partial charge in [0.15, 0.2) is 11.8 Å². The lowest BCUT2D eigenvalue weighted by molar-refractivity contribution is 0.449. The summed E-state index contributed by atoms with van der Waals surface area (Å²) in [6.45, 7) is 9.66. The van der Waals surface area contributed by atoms with Crippen molar-refractivity contribution in [3.63, 3.8) is 0 Å². The van der Waals surface area contributed by atoms with E-state index < -0.39 is 11.8 Å². The van der Waals surface area contributed by atoms with Gasteiger partial charge in [-0.25, -0.2) is 0 Å². The van der Waals surface area contributed by atoms with Crippen LogP contribution in [-0.2, 0) is 0 Å². The second-order valence-electron chi connectivity index (χ2n) is 9.20. The molecule has 0 saturated carbocycles. The number of allylic oxidation sites excluding steroid dienone is 6. The zero-order chi connectivity index (χ0) is 22.4. The average molecular weight is 401 g/mol. The molecule has 6 heteroatoms. The normalized spacial score (nSPS) is 19.1. The van der Waals surface area contributed by atoms with Crippen molar-refractivity contribution in [2.45, 2.75) is 40.5 Å². The molecule has 2 rings (SSSR count). The Morgan fingerprint density at radius 3 is 1.37 bits per heavy atom. The van der Waals surface area contributed by atoms with Crippen molar-refractivity contribution >= 4 is 0 Å². The Labute approximate surface area is 179 Å². The van der Waals surface area contributed by atoms with Crippen molar-refractivity contribution < 1.29 is 0 Å². The summed E-state index contributed by atoms with van der Waals surface area (Å²) >= 11 is 0. The molecule has 2 aliphatic carbocycles. The first-order valence-electron chi connectivity index (χ1n) is 10.1. The van der Waals surface area contributed by atoms with Gasteiger partial charge in [-0.3, -0.25) is 0 Å². The van der Waals surface area contributed by atoms with Gasteiger partial charge in [0.25, 0.3) is 0 Å². The van der Waals surface area contributed by atoms with Gasteiger partial charge in [0.2, 0.25) is 0 Å². The van der Waals surface area contributed by atoms with E-state index in [0.717, 1.165) is 22.5 Å². The quantitative estimate of drug-likeness (QED) is 0.624. The van der Waals surface area contributed by atoms with Gasteiger partial charge in [0.1, 0.15) is 0 Å². The van der Waals surface area contributed by atoms with Crippen LogP contribution < -0.4 is 10.6 Å². The van der Waals surface area contributed by atoms with Crippen LogP contribution in [0.2, 0.25) is 0 Å². The lowest BCUT2D eigenvalue weighted by atomic mass is 9.77. The molecule has 2 aliphatic rings. The zero-order valence-electron chi connectivity index (χ0n) is 18.1. The van der Waals surface area contributed by atoms with Crippen LogP contribution in [0.25, 0.3) is 0 Å². The average Bonchev–Trinajstić information content (AvgIpc) is 2.65. The van der Waals surface area contributed by atoms with E-state index in [4.69, 9.17) is 0 Å². The minimum atomic E-state index is -0.723. The number of hydrogen-bond donors (Lipinski definition) is 2. The first-order valence-corrected chi connectivity index (χ1v) is 10.1. The summed E-state index contributed by atoms with van der Waals surface area (Å²) in [6, 6.07) is 8.26. The summed E-state index contributed by atoms with van der Waals surface area (Å²) in [5.41, 5.74) is 3.27. The zero-order valence-corrected chi connectivity index (χ0v) is 18.1. The lowest BCUT2D eigenvalue weighted by Crippen LogP contribution is -2.30. The standard InChI is InChI=1S/C24H28N6/c1-23(2)9-17(19(13-25)14-26)7-21(11-23)29-5-6-30-22-8-18(20(15-27)16-28)10-24(3,4)12-22/h7-8,11-12,19-20,29-30H,5-6,9-10H2,1-4H3. The molecular weight excluding hydrogens is 372 g/mol. The smallest absolute Gasteiger partial charge is 0.154 e. The Kier molecular flexibility index (Phi) is 7.10. The van der Waals surface area contributed by atoms with Gasteiger partial charge in [-0.05, 0) is 47.0 Å². The summed E-state index contributed by atoms with van der Waals surface area (Å²) in [5, 5.41) is 43.6. The first kappa shape index (κ1) is 22.8. The third-order valence-corrected chi connectivity index (χ3v) is 5.13. The minimum Gasteiger partial charge on any atom is -0.384 e. The minimum absolute atomic E-state index is 0.122. The first-order chi connectivity index (χ1) is 14.1. The maximum atomic E-state index is 9.22. The molecule has 0 saturated heterocycles. The molecule has 0 spiro atoms. The van der Waals surface area contributed by atoms with Crippen LogP contribution >= 0.6 is 0 Å². The van der Waals surface area contributed by atoms with Crippen molar-refractivity contribution in [3.8, 4) is 24.3 Å². The summed E-state index contributed by atoms with van der Waals surface area (Å²) in [5.74, 6) is -1.45.